The van der Waals surface area contributed by atoms with E-state index in [1.54, 1.807) is 0 Å². The van der Waals surface area contributed by atoms with Gasteiger partial charge in [-0.15, -0.1) is 6.58 Å². The average molecular weight is 267 g/mol. The van der Waals surface area contributed by atoms with Gasteiger partial charge in [-0.2, -0.15) is 0 Å². The third-order valence-corrected chi connectivity index (χ3v) is 3.75. The summed E-state index contributed by atoms with van der Waals surface area (Å²) in [7, 11) is 0. The molecule has 0 aliphatic rings. The molecule has 0 aromatic heterocycles. The Morgan fingerprint density at radius 1 is 1.15 bits per heavy atom. The van der Waals surface area contributed by atoms with E-state index >= 15 is 0 Å². The van der Waals surface area contributed by atoms with Gasteiger partial charge in [-0.3, -0.25) is 0 Å². The van der Waals surface area contributed by atoms with Gasteiger partial charge in [-0.25, -0.2) is 0 Å². The smallest absolute Gasteiger partial charge is 0.0107 e. The Labute approximate surface area is 122 Å². The molecule has 0 fully saturated rings. The van der Waals surface area contributed by atoms with Crippen molar-refractivity contribution in [3.05, 3.63) is 60.7 Å². The van der Waals surface area contributed by atoms with E-state index in [1.807, 2.05) is 6.08 Å². The SMILES string of the molecule is C=CCCCC(Cc1ccc2ccccc2c1)NCC. The summed E-state index contributed by atoms with van der Waals surface area (Å²) in [6.07, 6.45) is 6.66. The standard InChI is InChI=1S/C19H25N/c1-3-5-6-11-19(20-4-2)15-16-12-13-17-9-7-8-10-18(17)14-16/h3,7-10,12-14,19-20H,1,4-6,11,15H2,2H3. The Morgan fingerprint density at radius 2 is 1.95 bits per heavy atom. The number of hydrogen-bond donors (Lipinski definition) is 1. The maximum atomic E-state index is 3.80. The van der Waals surface area contributed by atoms with E-state index in [-0.39, 0.29) is 0 Å². The molecule has 1 atom stereocenters. The summed E-state index contributed by atoms with van der Waals surface area (Å²) in [5, 5.41) is 6.27. The number of fused-ring (bicyclic) bond motifs is 1. The highest BCUT2D eigenvalue weighted by Crippen LogP contribution is 2.17. The van der Waals surface area contributed by atoms with Gasteiger partial charge < -0.3 is 5.32 Å². The fraction of sp³-hybridized carbons (Fsp3) is 0.368. The van der Waals surface area contributed by atoms with Crippen molar-refractivity contribution in [3.8, 4) is 0 Å². The van der Waals surface area contributed by atoms with Crippen LogP contribution in [-0.2, 0) is 6.42 Å². The predicted octanol–water partition coefficient (Wildman–Crippen LogP) is 4.72. The minimum atomic E-state index is 0.570. The van der Waals surface area contributed by atoms with Gasteiger partial charge in [0.1, 0.15) is 0 Å². The van der Waals surface area contributed by atoms with Crippen LogP contribution in [0.1, 0.15) is 31.7 Å². The van der Waals surface area contributed by atoms with Crippen LogP contribution in [0.2, 0.25) is 0 Å². The second-order valence-corrected chi connectivity index (χ2v) is 5.36. The van der Waals surface area contributed by atoms with E-state index in [9.17, 15) is 0 Å². The molecular formula is C19H25N. The van der Waals surface area contributed by atoms with Crippen LogP contribution in [0.25, 0.3) is 10.8 Å². The summed E-state index contributed by atoms with van der Waals surface area (Å²) >= 11 is 0. The second kappa shape index (κ2) is 7.86. The van der Waals surface area contributed by atoms with Gasteiger partial charge in [-0.1, -0.05) is 55.5 Å². The van der Waals surface area contributed by atoms with Crippen LogP contribution in [0.4, 0.5) is 0 Å². The molecular weight excluding hydrogens is 242 g/mol. The van der Waals surface area contributed by atoms with E-state index in [4.69, 9.17) is 0 Å². The van der Waals surface area contributed by atoms with Crippen molar-refractivity contribution in [2.24, 2.45) is 0 Å². The largest absolute Gasteiger partial charge is 0.314 e. The molecule has 1 N–H and O–H groups in total. The number of likely N-dealkylation sites (N-methyl/N-ethyl adjacent to an activating group) is 1. The van der Waals surface area contributed by atoms with Gasteiger partial charge in [0, 0.05) is 6.04 Å². The van der Waals surface area contributed by atoms with Gasteiger partial charge in [0.05, 0.1) is 0 Å². The molecule has 106 valence electrons. The quantitative estimate of drug-likeness (QED) is 0.539. The fourth-order valence-electron chi connectivity index (χ4n) is 2.72. The van der Waals surface area contributed by atoms with Crippen molar-refractivity contribution in [2.75, 3.05) is 6.54 Å². The Balaban J connectivity index is 2.04. The molecule has 1 heteroatoms. The van der Waals surface area contributed by atoms with Gasteiger partial charge in [0.25, 0.3) is 0 Å². The maximum Gasteiger partial charge on any atom is 0.0107 e. The Hall–Kier alpha value is -1.60. The molecule has 2 aromatic rings. The molecule has 2 rings (SSSR count). The van der Waals surface area contributed by atoms with Crippen molar-refractivity contribution < 1.29 is 0 Å². The number of hydrogen-bond acceptors (Lipinski definition) is 1. The lowest BCUT2D eigenvalue weighted by molar-refractivity contribution is 0.478. The third-order valence-electron chi connectivity index (χ3n) is 3.75. The minimum Gasteiger partial charge on any atom is -0.314 e. The van der Waals surface area contributed by atoms with Crippen LogP contribution >= 0.6 is 0 Å². The van der Waals surface area contributed by atoms with Crippen LogP contribution in [0.5, 0.6) is 0 Å². The zero-order valence-electron chi connectivity index (χ0n) is 12.4. The molecule has 20 heavy (non-hydrogen) atoms. The molecule has 1 nitrogen and oxygen atoms in total. The lowest BCUT2D eigenvalue weighted by Gasteiger charge is -2.18. The van der Waals surface area contributed by atoms with E-state index in [2.05, 4.69) is 61.3 Å². The third kappa shape index (κ3) is 4.21. The lowest BCUT2D eigenvalue weighted by atomic mass is 9.98. The average Bonchev–Trinajstić information content (AvgIpc) is 2.47. The minimum absolute atomic E-state index is 0.570. The molecule has 0 saturated carbocycles. The highest BCUT2D eigenvalue weighted by atomic mass is 14.9. The first-order valence-electron chi connectivity index (χ1n) is 7.65. The number of benzene rings is 2. The van der Waals surface area contributed by atoms with E-state index in [0.29, 0.717) is 6.04 Å². The highest BCUT2D eigenvalue weighted by Gasteiger charge is 2.08. The first-order chi connectivity index (χ1) is 9.83. The van der Waals surface area contributed by atoms with E-state index in [0.717, 1.165) is 19.4 Å². The number of unbranched alkanes of at least 4 members (excludes halogenated alkanes) is 1. The van der Waals surface area contributed by atoms with Crippen LogP contribution in [0.3, 0.4) is 0 Å². The molecule has 2 aromatic carbocycles. The van der Waals surface area contributed by atoms with Crippen molar-refractivity contribution >= 4 is 10.8 Å². The lowest BCUT2D eigenvalue weighted by Crippen LogP contribution is -2.30. The van der Waals surface area contributed by atoms with Gasteiger partial charge in [-0.05, 0) is 48.6 Å². The summed E-state index contributed by atoms with van der Waals surface area (Å²) in [5.74, 6) is 0. The monoisotopic (exact) mass is 267 g/mol. The van der Waals surface area contributed by atoms with Crippen molar-refractivity contribution in [2.45, 2.75) is 38.6 Å². The normalized spacial score (nSPS) is 12.4. The van der Waals surface area contributed by atoms with Crippen LogP contribution in [-0.4, -0.2) is 12.6 Å². The number of rotatable bonds is 8. The summed E-state index contributed by atoms with van der Waals surface area (Å²) in [6, 6.07) is 16.0. The molecule has 0 bridgehead atoms. The molecule has 0 heterocycles. The zero-order chi connectivity index (χ0) is 14.2. The summed E-state index contributed by atoms with van der Waals surface area (Å²) in [4.78, 5) is 0. The molecule has 0 aliphatic carbocycles. The number of nitrogens with one attached hydrogen (secondary N) is 1. The van der Waals surface area contributed by atoms with Crippen LogP contribution < -0.4 is 5.32 Å². The van der Waals surface area contributed by atoms with E-state index < -0.39 is 0 Å². The van der Waals surface area contributed by atoms with Gasteiger partial charge >= 0.3 is 0 Å². The fourth-order valence-corrected chi connectivity index (χ4v) is 2.72. The van der Waals surface area contributed by atoms with Crippen molar-refractivity contribution in [1.29, 1.82) is 0 Å². The second-order valence-electron chi connectivity index (χ2n) is 5.36. The Kier molecular flexibility index (Phi) is 5.82. The molecule has 0 radical (unpaired) electrons. The summed E-state index contributed by atoms with van der Waals surface area (Å²) in [5.41, 5.74) is 1.42. The van der Waals surface area contributed by atoms with Crippen LogP contribution in [0.15, 0.2) is 55.1 Å². The Bertz CT molecular complexity index is 544. The molecule has 0 spiro atoms. The van der Waals surface area contributed by atoms with Gasteiger partial charge in [0.15, 0.2) is 0 Å². The first kappa shape index (κ1) is 14.8. The highest BCUT2D eigenvalue weighted by molar-refractivity contribution is 5.82. The predicted molar refractivity (Wildman–Crippen MR) is 89.2 cm³/mol. The maximum absolute atomic E-state index is 3.80. The summed E-state index contributed by atoms with van der Waals surface area (Å²) < 4.78 is 0. The number of allylic oxidation sites excluding steroid dienone is 1. The Morgan fingerprint density at radius 3 is 2.70 bits per heavy atom. The van der Waals surface area contributed by atoms with E-state index in [1.165, 1.54) is 29.2 Å². The topological polar surface area (TPSA) is 12.0 Å². The molecule has 1 unspecified atom stereocenters. The zero-order valence-corrected chi connectivity index (χ0v) is 12.4. The first-order valence-corrected chi connectivity index (χ1v) is 7.65. The van der Waals surface area contributed by atoms with Crippen molar-refractivity contribution in [1.82, 2.24) is 5.32 Å². The van der Waals surface area contributed by atoms with Crippen molar-refractivity contribution in [3.63, 3.8) is 0 Å². The molecule has 0 aliphatic heterocycles. The van der Waals surface area contributed by atoms with Gasteiger partial charge in [0.2, 0.25) is 0 Å². The molecule has 0 amide bonds. The van der Waals surface area contributed by atoms with Crippen LogP contribution in [0, 0.1) is 0 Å². The summed E-state index contributed by atoms with van der Waals surface area (Å²) in [6.45, 7) is 7.02. The molecule has 0 saturated heterocycles.